The van der Waals surface area contributed by atoms with Gasteiger partial charge in [0.2, 0.25) is 0 Å². The summed E-state index contributed by atoms with van der Waals surface area (Å²) < 4.78 is 0. The van der Waals surface area contributed by atoms with Crippen LogP contribution in [-0.4, -0.2) is 26.2 Å². The van der Waals surface area contributed by atoms with Crippen LogP contribution in [0.15, 0.2) is 18.2 Å². The molecule has 2 aliphatic rings. The van der Waals surface area contributed by atoms with Crippen LogP contribution in [0.5, 0.6) is 0 Å². The van der Waals surface area contributed by atoms with Gasteiger partial charge in [-0.05, 0) is 43.5 Å². The van der Waals surface area contributed by atoms with E-state index in [1.54, 1.807) is 0 Å². The van der Waals surface area contributed by atoms with Gasteiger partial charge in [-0.2, -0.15) is 0 Å². The first-order valence-electron chi connectivity index (χ1n) is 6.40. The smallest absolute Gasteiger partial charge is 0.0410 e. The molecule has 0 aromatic heterocycles. The van der Waals surface area contributed by atoms with E-state index < -0.39 is 0 Å². The summed E-state index contributed by atoms with van der Waals surface area (Å²) in [6.45, 7) is 6.92. The van der Waals surface area contributed by atoms with Crippen LogP contribution in [-0.2, 0) is 0 Å². The first-order valence-corrected chi connectivity index (χ1v) is 6.78. The number of halogens is 1. The second kappa shape index (κ2) is 4.18. The minimum absolute atomic E-state index is 0.546. The van der Waals surface area contributed by atoms with Gasteiger partial charge in [0, 0.05) is 42.3 Å². The van der Waals surface area contributed by atoms with Crippen LogP contribution in [0, 0.1) is 12.3 Å². The Morgan fingerprint density at radius 2 is 2.18 bits per heavy atom. The fourth-order valence-corrected chi connectivity index (χ4v) is 3.38. The number of anilines is 1. The SMILES string of the molecule is Cc1cc(Cl)ccc1N1CCCC2(CNC2)C1. The number of hydrogen-bond donors (Lipinski definition) is 1. The third-order valence-electron chi connectivity index (χ3n) is 4.16. The molecule has 1 aromatic rings. The van der Waals surface area contributed by atoms with Crippen LogP contribution in [0.4, 0.5) is 5.69 Å². The molecule has 2 fully saturated rings. The van der Waals surface area contributed by atoms with Crippen LogP contribution in [0.3, 0.4) is 0 Å². The molecule has 3 heteroatoms. The molecule has 2 nitrogen and oxygen atoms in total. The zero-order valence-electron chi connectivity index (χ0n) is 10.3. The molecule has 0 unspecified atom stereocenters. The zero-order chi connectivity index (χ0) is 11.9. The lowest BCUT2D eigenvalue weighted by Crippen LogP contribution is -2.61. The minimum Gasteiger partial charge on any atom is -0.371 e. The van der Waals surface area contributed by atoms with Crippen LogP contribution < -0.4 is 10.2 Å². The van der Waals surface area contributed by atoms with Gasteiger partial charge in [0.1, 0.15) is 0 Å². The van der Waals surface area contributed by atoms with E-state index in [0.29, 0.717) is 5.41 Å². The van der Waals surface area contributed by atoms with Crippen molar-refractivity contribution < 1.29 is 0 Å². The second-order valence-electron chi connectivity index (χ2n) is 5.56. The summed E-state index contributed by atoms with van der Waals surface area (Å²) in [5.74, 6) is 0. The van der Waals surface area contributed by atoms with Gasteiger partial charge in [0.25, 0.3) is 0 Å². The molecule has 2 heterocycles. The molecule has 92 valence electrons. The third-order valence-corrected chi connectivity index (χ3v) is 4.40. The molecule has 1 spiro atoms. The first-order chi connectivity index (χ1) is 8.19. The summed E-state index contributed by atoms with van der Waals surface area (Å²) in [6, 6.07) is 6.24. The van der Waals surface area contributed by atoms with Crippen molar-refractivity contribution in [3.05, 3.63) is 28.8 Å². The molecular formula is C14H19ClN2. The monoisotopic (exact) mass is 250 g/mol. The maximum Gasteiger partial charge on any atom is 0.0410 e. The number of nitrogens with one attached hydrogen (secondary N) is 1. The van der Waals surface area contributed by atoms with Crippen LogP contribution in [0.1, 0.15) is 18.4 Å². The third kappa shape index (κ3) is 2.04. The molecular weight excluding hydrogens is 232 g/mol. The minimum atomic E-state index is 0.546. The molecule has 0 radical (unpaired) electrons. The highest BCUT2D eigenvalue weighted by molar-refractivity contribution is 6.30. The lowest BCUT2D eigenvalue weighted by atomic mass is 9.75. The Bertz CT molecular complexity index is 426. The van der Waals surface area contributed by atoms with Crippen LogP contribution in [0.2, 0.25) is 5.02 Å². The summed E-state index contributed by atoms with van der Waals surface area (Å²) in [6.07, 6.45) is 2.69. The van der Waals surface area contributed by atoms with E-state index in [-0.39, 0.29) is 0 Å². The molecule has 0 bridgehead atoms. The van der Waals surface area contributed by atoms with E-state index in [4.69, 9.17) is 11.6 Å². The molecule has 3 rings (SSSR count). The Labute approximate surface area is 108 Å². The first kappa shape index (κ1) is 11.4. The Morgan fingerprint density at radius 3 is 2.82 bits per heavy atom. The fraction of sp³-hybridized carbons (Fsp3) is 0.571. The van der Waals surface area contributed by atoms with Crippen molar-refractivity contribution in [2.24, 2.45) is 5.41 Å². The highest BCUT2D eigenvalue weighted by atomic mass is 35.5. The van der Waals surface area contributed by atoms with E-state index in [1.807, 2.05) is 6.07 Å². The Kier molecular flexibility index (Phi) is 2.80. The lowest BCUT2D eigenvalue weighted by molar-refractivity contribution is 0.138. The number of nitrogens with zero attached hydrogens (tertiary/aromatic N) is 1. The highest BCUT2D eigenvalue weighted by Crippen LogP contribution is 2.36. The van der Waals surface area contributed by atoms with Gasteiger partial charge in [0.05, 0.1) is 0 Å². The summed E-state index contributed by atoms with van der Waals surface area (Å²) in [5, 5.41) is 4.26. The van der Waals surface area contributed by atoms with Gasteiger partial charge < -0.3 is 10.2 Å². The number of rotatable bonds is 1. The Hall–Kier alpha value is -0.730. The van der Waals surface area contributed by atoms with Crippen molar-refractivity contribution in [2.75, 3.05) is 31.1 Å². The van der Waals surface area contributed by atoms with E-state index >= 15 is 0 Å². The predicted molar refractivity (Wildman–Crippen MR) is 72.9 cm³/mol. The van der Waals surface area contributed by atoms with E-state index in [0.717, 1.165) is 5.02 Å². The number of aryl methyl sites for hydroxylation is 1. The van der Waals surface area contributed by atoms with Crippen molar-refractivity contribution in [2.45, 2.75) is 19.8 Å². The van der Waals surface area contributed by atoms with Crippen LogP contribution in [0.25, 0.3) is 0 Å². The van der Waals surface area contributed by atoms with E-state index in [9.17, 15) is 0 Å². The quantitative estimate of drug-likeness (QED) is 0.825. The van der Waals surface area contributed by atoms with Crippen molar-refractivity contribution >= 4 is 17.3 Å². The Morgan fingerprint density at radius 1 is 1.35 bits per heavy atom. The van der Waals surface area contributed by atoms with E-state index in [2.05, 4.69) is 29.3 Å². The summed E-state index contributed by atoms with van der Waals surface area (Å²) >= 11 is 6.02. The average molecular weight is 251 g/mol. The largest absolute Gasteiger partial charge is 0.371 e. The summed E-state index contributed by atoms with van der Waals surface area (Å²) in [7, 11) is 0. The van der Waals surface area contributed by atoms with Gasteiger partial charge in [0.15, 0.2) is 0 Å². The van der Waals surface area contributed by atoms with Gasteiger partial charge in [-0.3, -0.25) is 0 Å². The Balaban J connectivity index is 1.83. The standard InChI is InChI=1S/C14H19ClN2/c1-11-7-12(15)3-4-13(11)17-6-2-5-14(10-17)8-16-9-14/h3-4,7,16H,2,5-6,8-10H2,1H3. The predicted octanol–water partition coefficient (Wildman–Crippen LogP) is 2.84. The maximum absolute atomic E-state index is 6.02. The summed E-state index contributed by atoms with van der Waals surface area (Å²) in [4.78, 5) is 2.54. The number of hydrogen-bond acceptors (Lipinski definition) is 2. The number of piperidine rings is 1. The topological polar surface area (TPSA) is 15.3 Å². The second-order valence-corrected chi connectivity index (χ2v) is 6.00. The highest BCUT2D eigenvalue weighted by Gasteiger charge is 2.40. The van der Waals surface area contributed by atoms with Gasteiger partial charge in [-0.15, -0.1) is 0 Å². The molecule has 2 aliphatic heterocycles. The van der Waals surface area contributed by atoms with Crippen molar-refractivity contribution in [1.82, 2.24) is 5.32 Å². The molecule has 0 aliphatic carbocycles. The molecule has 2 saturated heterocycles. The molecule has 0 saturated carbocycles. The maximum atomic E-state index is 6.02. The molecule has 0 amide bonds. The van der Waals surface area contributed by atoms with Gasteiger partial charge >= 0.3 is 0 Å². The molecule has 0 atom stereocenters. The van der Waals surface area contributed by atoms with Gasteiger partial charge in [-0.25, -0.2) is 0 Å². The zero-order valence-corrected chi connectivity index (χ0v) is 11.1. The number of benzene rings is 1. The van der Waals surface area contributed by atoms with E-state index in [1.165, 1.54) is 50.3 Å². The summed E-state index contributed by atoms with van der Waals surface area (Å²) in [5.41, 5.74) is 3.20. The van der Waals surface area contributed by atoms with Gasteiger partial charge in [-0.1, -0.05) is 11.6 Å². The lowest BCUT2D eigenvalue weighted by Gasteiger charge is -2.50. The van der Waals surface area contributed by atoms with Crippen molar-refractivity contribution in [1.29, 1.82) is 0 Å². The van der Waals surface area contributed by atoms with Crippen molar-refractivity contribution in [3.8, 4) is 0 Å². The fourth-order valence-electron chi connectivity index (χ4n) is 3.15. The normalized spacial score (nSPS) is 22.6. The molecule has 1 N–H and O–H groups in total. The molecule has 17 heavy (non-hydrogen) atoms. The molecule has 1 aromatic carbocycles. The van der Waals surface area contributed by atoms with Crippen molar-refractivity contribution in [3.63, 3.8) is 0 Å². The average Bonchev–Trinajstić information content (AvgIpc) is 2.27. The van der Waals surface area contributed by atoms with Crippen LogP contribution >= 0.6 is 11.6 Å².